The van der Waals surface area contributed by atoms with Gasteiger partial charge in [0.15, 0.2) is 0 Å². The molecule has 0 radical (unpaired) electrons. The molecule has 7 nitrogen and oxygen atoms in total. The quantitative estimate of drug-likeness (QED) is 0.827. The second kappa shape index (κ2) is 6.08. The Morgan fingerprint density at radius 1 is 1.45 bits per heavy atom. The Bertz CT molecular complexity index is 564. The zero-order valence-corrected chi connectivity index (χ0v) is 13.0. The van der Waals surface area contributed by atoms with Gasteiger partial charge in [-0.1, -0.05) is 0 Å². The molecule has 2 fully saturated rings. The van der Waals surface area contributed by atoms with Crippen LogP contribution in [0.5, 0.6) is 0 Å². The molecule has 120 valence electrons. The van der Waals surface area contributed by atoms with E-state index in [1.807, 2.05) is 18.7 Å². The van der Waals surface area contributed by atoms with Crippen molar-refractivity contribution < 1.29 is 14.3 Å². The molecular formula is C15H22N4O3. The molecule has 2 atom stereocenters. The molecule has 2 aliphatic rings. The fourth-order valence-electron chi connectivity index (χ4n) is 3.26. The van der Waals surface area contributed by atoms with Gasteiger partial charge in [0.25, 0.3) is 0 Å². The van der Waals surface area contributed by atoms with Crippen molar-refractivity contribution in [1.29, 1.82) is 0 Å². The second-order valence-electron chi connectivity index (χ2n) is 6.06. The number of rotatable bonds is 3. The molecule has 2 N–H and O–H groups in total. The number of likely N-dealkylation sites (tertiary alicyclic amines) is 1. The Balaban J connectivity index is 1.55. The zero-order valence-electron chi connectivity index (χ0n) is 13.0. The van der Waals surface area contributed by atoms with Gasteiger partial charge in [-0.15, -0.1) is 0 Å². The smallest absolute Gasteiger partial charge is 0.246 e. The number of carbonyl (C=O) groups is 2. The first-order chi connectivity index (χ1) is 10.5. The molecular weight excluding hydrogens is 284 g/mol. The summed E-state index contributed by atoms with van der Waals surface area (Å²) >= 11 is 0. The van der Waals surface area contributed by atoms with Crippen molar-refractivity contribution in [3.8, 4) is 0 Å². The Morgan fingerprint density at radius 2 is 2.27 bits per heavy atom. The molecule has 22 heavy (non-hydrogen) atoms. The van der Waals surface area contributed by atoms with Crippen LogP contribution >= 0.6 is 0 Å². The van der Waals surface area contributed by atoms with Crippen LogP contribution in [0.3, 0.4) is 0 Å². The van der Waals surface area contributed by atoms with Gasteiger partial charge in [0.2, 0.25) is 11.8 Å². The Hall–Kier alpha value is -1.89. The summed E-state index contributed by atoms with van der Waals surface area (Å²) < 4.78 is 5.51. The van der Waals surface area contributed by atoms with Gasteiger partial charge in [-0.05, 0) is 32.3 Å². The molecule has 7 heteroatoms. The fraction of sp³-hybridized carbons (Fsp3) is 0.667. The predicted octanol–water partition coefficient (Wildman–Crippen LogP) is 0.0750. The lowest BCUT2D eigenvalue weighted by Crippen LogP contribution is -2.61. The first-order valence-corrected chi connectivity index (χ1v) is 7.74. The van der Waals surface area contributed by atoms with Gasteiger partial charge < -0.3 is 15.0 Å². The molecule has 3 rings (SSSR count). The molecule has 2 saturated heterocycles. The van der Waals surface area contributed by atoms with Crippen molar-refractivity contribution in [3.63, 3.8) is 0 Å². The van der Waals surface area contributed by atoms with Gasteiger partial charge >= 0.3 is 0 Å². The first-order valence-electron chi connectivity index (χ1n) is 7.74. The van der Waals surface area contributed by atoms with Crippen molar-refractivity contribution in [3.05, 3.63) is 17.0 Å². The molecule has 0 unspecified atom stereocenters. The molecule has 0 bridgehead atoms. The highest BCUT2D eigenvalue weighted by molar-refractivity contribution is 5.79. The molecule has 1 aromatic heterocycles. The zero-order chi connectivity index (χ0) is 15.7. The van der Waals surface area contributed by atoms with Crippen molar-refractivity contribution >= 4 is 11.8 Å². The number of aryl methyl sites for hydroxylation is 2. The van der Waals surface area contributed by atoms with Gasteiger partial charge in [0, 0.05) is 25.2 Å². The minimum Gasteiger partial charge on any atom is -0.366 e. The lowest BCUT2D eigenvalue weighted by molar-refractivity contribution is -0.146. The SMILES string of the molecule is Cc1n[nH]c(C)c1CCC(=O)N1CC[C@@H]2OCC(=O)N[C@H]2C1. The van der Waals surface area contributed by atoms with Crippen molar-refractivity contribution in [2.24, 2.45) is 0 Å². The van der Waals surface area contributed by atoms with E-state index in [0.717, 1.165) is 23.4 Å². The Labute approximate surface area is 129 Å². The highest BCUT2D eigenvalue weighted by Crippen LogP contribution is 2.19. The van der Waals surface area contributed by atoms with E-state index in [2.05, 4.69) is 15.5 Å². The molecule has 0 aromatic carbocycles. The number of amides is 2. The maximum atomic E-state index is 12.4. The summed E-state index contributed by atoms with van der Waals surface area (Å²) in [5, 5.41) is 10.0. The summed E-state index contributed by atoms with van der Waals surface area (Å²) in [7, 11) is 0. The third-order valence-corrected chi connectivity index (χ3v) is 4.55. The lowest BCUT2D eigenvalue weighted by Gasteiger charge is -2.41. The number of carbonyl (C=O) groups excluding carboxylic acids is 2. The van der Waals surface area contributed by atoms with E-state index in [0.29, 0.717) is 25.9 Å². The van der Waals surface area contributed by atoms with Crippen LogP contribution in [0.2, 0.25) is 0 Å². The number of fused-ring (bicyclic) bond motifs is 1. The van der Waals surface area contributed by atoms with Gasteiger partial charge in [-0.3, -0.25) is 14.7 Å². The van der Waals surface area contributed by atoms with Crippen LogP contribution < -0.4 is 5.32 Å². The molecule has 0 saturated carbocycles. The maximum absolute atomic E-state index is 12.4. The summed E-state index contributed by atoms with van der Waals surface area (Å²) in [6, 6.07) is -0.0728. The number of aromatic amines is 1. The fourth-order valence-corrected chi connectivity index (χ4v) is 3.26. The number of ether oxygens (including phenoxy) is 1. The predicted molar refractivity (Wildman–Crippen MR) is 79.3 cm³/mol. The van der Waals surface area contributed by atoms with Crippen LogP contribution in [0, 0.1) is 13.8 Å². The summed E-state index contributed by atoms with van der Waals surface area (Å²) in [6.45, 7) is 5.29. The molecule has 0 spiro atoms. The van der Waals surface area contributed by atoms with Crippen LogP contribution in [-0.2, 0) is 20.7 Å². The molecule has 0 aliphatic carbocycles. The highest BCUT2D eigenvalue weighted by atomic mass is 16.5. The van der Waals surface area contributed by atoms with Crippen molar-refractivity contribution in [2.75, 3.05) is 19.7 Å². The van der Waals surface area contributed by atoms with Gasteiger partial charge in [-0.25, -0.2) is 0 Å². The molecule has 2 amide bonds. The second-order valence-corrected chi connectivity index (χ2v) is 6.06. The van der Waals surface area contributed by atoms with E-state index < -0.39 is 0 Å². The minimum absolute atomic E-state index is 0.0418. The number of nitrogens with one attached hydrogen (secondary N) is 2. The van der Waals surface area contributed by atoms with Gasteiger partial charge in [0.1, 0.15) is 6.61 Å². The largest absolute Gasteiger partial charge is 0.366 e. The number of hydrogen-bond donors (Lipinski definition) is 2. The van der Waals surface area contributed by atoms with Crippen LogP contribution in [0.15, 0.2) is 0 Å². The number of hydrogen-bond acceptors (Lipinski definition) is 4. The van der Waals surface area contributed by atoms with Crippen molar-refractivity contribution in [1.82, 2.24) is 20.4 Å². The van der Waals surface area contributed by atoms with E-state index in [9.17, 15) is 9.59 Å². The summed E-state index contributed by atoms with van der Waals surface area (Å²) in [6.07, 6.45) is 1.98. The monoisotopic (exact) mass is 306 g/mol. The number of morpholine rings is 1. The van der Waals surface area contributed by atoms with E-state index >= 15 is 0 Å². The van der Waals surface area contributed by atoms with Crippen LogP contribution in [0.4, 0.5) is 0 Å². The highest BCUT2D eigenvalue weighted by Gasteiger charge is 2.36. The standard InChI is InChI=1S/C15H22N4O3/c1-9-11(10(2)18-17-9)3-4-15(21)19-6-5-13-12(7-19)16-14(20)8-22-13/h12-13H,3-8H2,1-2H3,(H,16,20)(H,17,18)/t12-,13-/m0/s1. The normalized spacial score (nSPS) is 24.8. The lowest BCUT2D eigenvalue weighted by atomic mass is 9.99. The van der Waals surface area contributed by atoms with Crippen LogP contribution in [0.25, 0.3) is 0 Å². The number of aromatic nitrogens is 2. The Kier molecular flexibility index (Phi) is 4.15. The van der Waals surface area contributed by atoms with E-state index in [1.54, 1.807) is 0 Å². The summed E-state index contributed by atoms with van der Waals surface area (Å²) in [5.74, 6) is 0.0264. The summed E-state index contributed by atoms with van der Waals surface area (Å²) in [5.41, 5.74) is 3.10. The van der Waals surface area contributed by atoms with Crippen LogP contribution in [0.1, 0.15) is 29.8 Å². The average Bonchev–Trinajstić information content (AvgIpc) is 2.83. The van der Waals surface area contributed by atoms with Gasteiger partial charge in [-0.2, -0.15) is 5.10 Å². The third-order valence-electron chi connectivity index (χ3n) is 4.55. The van der Waals surface area contributed by atoms with Gasteiger partial charge in [0.05, 0.1) is 17.8 Å². The number of piperidine rings is 1. The first kappa shape index (κ1) is 15.0. The molecule has 2 aliphatic heterocycles. The number of nitrogens with zero attached hydrogens (tertiary/aromatic N) is 2. The number of H-pyrrole nitrogens is 1. The molecule has 3 heterocycles. The van der Waals surface area contributed by atoms with E-state index in [4.69, 9.17) is 4.74 Å². The third kappa shape index (κ3) is 2.99. The topological polar surface area (TPSA) is 87.3 Å². The van der Waals surface area contributed by atoms with E-state index in [-0.39, 0.29) is 30.6 Å². The minimum atomic E-state index is -0.0970. The maximum Gasteiger partial charge on any atom is 0.246 e. The molecule has 1 aromatic rings. The average molecular weight is 306 g/mol. The van der Waals surface area contributed by atoms with E-state index in [1.165, 1.54) is 0 Å². The van der Waals surface area contributed by atoms with Crippen molar-refractivity contribution in [2.45, 2.75) is 45.3 Å². The van der Waals surface area contributed by atoms with Crippen LogP contribution in [-0.4, -0.2) is 58.8 Å². The Morgan fingerprint density at radius 3 is 3.00 bits per heavy atom. The summed E-state index contributed by atoms with van der Waals surface area (Å²) in [4.78, 5) is 25.6.